The maximum Gasteiger partial charge on any atom is 0.177 e. The number of allylic oxidation sites excluding steroid dienone is 1. The molecule has 100 valence electrons. The second kappa shape index (κ2) is 3.96. The highest BCUT2D eigenvalue weighted by Gasteiger charge is 2.49. The van der Waals surface area contributed by atoms with Crippen molar-refractivity contribution in [2.75, 3.05) is 13.1 Å². The maximum atomic E-state index is 12.3. The van der Waals surface area contributed by atoms with Gasteiger partial charge in [0.25, 0.3) is 0 Å². The zero-order chi connectivity index (χ0) is 13.7. The number of hydrogen-bond donors (Lipinski definition) is 0. The fourth-order valence-corrected chi connectivity index (χ4v) is 3.52. The van der Waals surface area contributed by atoms with Crippen LogP contribution in [0.25, 0.3) is 5.70 Å². The second-order valence-corrected chi connectivity index (χ2v) is 6.17. The summed E-state index contributed by atoms with van der Waals surface area (Å²) in [5, 5.41) is 0. The smallest absolute Gasteiger partial charge is 0.177 e. The Balaban J connectivity index is 1.84. The molecule has 1 saturated heterocycles. The van der Waals surface area contributed by atoms with Crippen molar-refractivity contribution >= 4 is 11.5 Å². The third-order valence-corrected chi connectivity index (χ3v) is 4.88. The minimum absolute atomic E-state index is 0.0553. The average molecular weight is 264 g/mol. The van der Waals surface area contributed by atoms with Crippen LogP contribution in [0.1, 0.15) is 30.4 Å². The third kappa shape index (κ3) is 1.61. The van der Waals surface area contributed by atoms with E-state index < -0.39 is 0 Å². The highest BCUT2D eigenvalue weighted by molar-refractivity contribution is 6.10. The molecule has 20 heavy (non-hydrogen) atoms. The molecule has 0 aromatic carbocycles. The Morgan fingerprint density at radius 1 is 1.35 bits per heavy atom. The molecule has 1 aromatic heterocycles. The Morgan fingerprint density at radius 2 is 2.20 bits per heavy atom. The minimum Gasteiger partial charge on any atom is -0.369 e. The molecule has 1 aromatic rings. The van der Waals surface area contributed by atoms with E-state index in [1.807, 2.05) is 6.07 Å². The van der Waals surface area contributed by atoms with Gasteiger partial charge in [-0.05, 0) is 36.3 Å². The molecular formula is C17H16N2O. The van der Waals surface area contributed by atoms with Crippen LogP contribution in [0.3, 0.4) is 0 Å². The van der Waals surface area contributed by atoms with Crippen LogP contribution in [0.2, 0.25) is 0 Å². The summed E-state index contributed by atoms with van der Waals surface area (Å²) in [5.41, 5.74) is 4.15. The molecule has 0 N–H and O–H groups in total. The van der Waals surface area contributed by atoms with E-state index in [-0.39, 0.29) is 5.78 Å². The number of fused-ring (bicyclic) bond motifs is 1. The van der Waals surface area contributed by atoms with Crippen LogP contribution in [-0.2, 0) is 11.2 Å². The highest BCUT2D eigenvalue weighted by atomic mass is 16.1. The fraction of sp³-hybridized carbons (Fsp3) is 0.412. The van der Waals surface area contributed by atoms with E-state index in [0.717, 1.165) is 29.9 Å². The molecule has 0 atom stereocenters. The lowest BCUT2D eigenvalue weighted by atomic mass is 9.89. The van der Waals surface area contributed by atoms with Gasteiger partial charge in [0.15, 0.2) is 5.78 Å². The lowest BCUT2D eigenvalue weighted by molar-refractivity contribution is -0.114. The van der Waals surface area contributed by atoms with E-state index in [9.17, 15) is 4.79 Å². The monoisotopic (exact) mass is 264 g/mol. The molecule has 4 rings (SSSR count). The van der Waals surface area contributed by atoms with Gasteiger partial charge in [-0.3, -0.25) is 9.78 Å². The van der Waals surface area contributed by atoms with Gasteiger partial charge >= 0.3 is 0 Å². The third-order valence-electron chi connectivity index (χ3n) is 4.88. The van der Waals surface area contributed by atoms with Crippen molar-refractivity contribution in [2.24, 2.45) is 5.41 Å². The molecule has 3 aliphatic rings. The lowest BCUT2D eigenvalue weighted by Crippen LogP contribution is -2.27. The normalized spacial score (nSPS) is 22.9. The quantitative estimate of drug-likeness (QED) is 0.728. The molecular weight excluding hydrogens is 248 g/mol. The zero-order valence-electron chi connectivity index (χ0n) is 11.4. The minimum atomic E-state index is 0.0553. The Labute approximate surface area is 118 Å². The van der Waals surface area contributed by atoms with Crippen LogP contribution in [0.4, 0.5) is 0 Å². The van der Waals surface area contributed by atoms with Gasteiger partial charge < -0.3 is 4.90 Å². The van der Waals surface area contributed by atoms with E-state index in [1.54, 1.807) is 12.4 Å². The molecule has 0 unspecified atom stereocenters. The first-order valence-corrected chi connectivity index (χ1v) is 7.15. The molecule has 1 saturated carbocycles. The van der Waals surface area contributed by atoms with Crippen LogP contribution in [-0.4, -0.2) is 28.8 Å². The molecule has 2 fully saturated rings. The number of Topliss-reactive ketones (excluding diaryl/α,β-unsaturated/α-hetero) is 1. The van der Waals surface area contributed by atoms with Gasteiger partial charge in [0, 0.05) is 37.5 Å². The number of ketones is 1. The first kappa shape index (κ1) is 11.7. The van der Waals surface area contributed by atoms with Gasteiger partial charge in [-0.1, -0.05) is 5.92 Å². The Bertz CT molecular complexity index is 676. The Morgan fingerprint density at radius 3 is 2.90 bits per heavy atom. The van der Waals surface area contributed by atoms with Gasteiger partial charge in [-0.15, -0.1) is 6.42 Å². The first-order valence-electron chi connectivity index (χ1n) is 7.15. The summed E-state index contributed by atoms with van der Waals surface area (Å²) in [6.45, 7) is 2.05. The maximum absolute atomic E-state index is 12.3. The summed E-state index contributed by atoms with van der Waals surface area (Å²) < 4.78 is 0. The largest absolute Gasteiger partial charge is 0.369 e. The van der Waals surface area contributed by atoms with Crippen LogP contribution in [0, 0.1) is 17.8 Å². The van der Waals surface area contributed by atoms with Crippen molar-refractivity contribution in [1.82, 2.24) is 9.88 Å². The highest BCUT2D eigenvalue weighted by Crippen LogP contribution is 2.54. The van der Waals surface area contributed by atoms with Gasteiger partial charge in [-0.2, -0.15) is 0 Å². The van der Waals surface area contributed by atoms with Gasteiger partial charge in [0.2, 0.25) is 0 Å². The van der Waals surface area contributed by atoms with Crippen molar-refractivity contribution < 1.29 is 4.79 Å². The SMILES string of the molecule is C#CC1=C(N2CCC3(CC3)C2)c2ccncc2CC1=O. The van der Waals surface area contributed by atoms with Crippen molar-refractivity contribution in [2.45, 2.75) is 25.7 Å². The lowest BCUT2D eigenvalue weighted by Gasteiger charge is -2.28. The number of hydrogen-bond acceptors (Lipinski definition) is 3. The molecule has 2 aliphatic carbocycles. The Kier molecular flexibility index (Phi) is 2.32. The summed E-state index contributed by atoms with van der Waals surface area (Å²) in [6, 6.07) is 1.99. The summed E-state index contributed by atoms with van der Waals surface area (Å²) in [6.07, 6.45) is 13.4. The van der Waals surface area contributed by atoms with Crippen molar-refractivity contribution in [1.29, 1.82) is 0 Å². The second-order valence-electron chi connectivity index (χ2n) is 6.17. The van der Waals surface area contributed by atoms with Crippen molar-refractivity contribution in [3.05, 3.63) is 35.2 Å². The average Bonchev–Trinajstić information content (AvgIpc) is 3.08. The molecule has 0 radical (unpaired) electrons. The van der Waals surface area contributed by atoms with E-state index in [1.165, 1.54) is 19.3 Å². The van der Waals surface area contributed by atoms with Gasteiger partial charge in [-0.25, -0.2) is 0 Å². The molecule has 0 bridgehead atoms. The van der Waals surface area contributed by atoms with Crippen LogP contribution >= 0.6 is 0 Å². The van der Waals surface area contributed by atoms with Crippen LogP contribution < -0.4 is 0 Å². The Hall–Kier alpha value is -2.08. The molecule has 2 heterocycles. The van der Waals surface area contributed by atoms with Crippen molar-refractivity contribution in [3.63, 3.8) is 0 Å². The van der Waals surface area contributed by atoms with E-state index >= 15 is 0 Å². The summed E-state index contributed by atoms with van der Waals surface area (Å²) in [4.78, 5) is 18.7. The number of pyridine rings is 1. The number of terminal acetylenes is 1. The number of carbonyl (C=O) groups is 1. The van der Waals surface area contributed by atoms with E-state index in [2.05, 4.69) is 15.8 Å². The first-order chi connectivity index (χ1) is 9.72. The predicted octanol–water partition coefficient (Wildman–Crippen LogP) is 2.04. The van der Waals surface area contributed by atoms with Gasteiger partial charge in [0.05, 0.1) is 11.3 Å². The molecule has 3 nitrogen and oxygen atoms in total. The molecule has 0 amide bonds. The summed E-state index contributed by atoms with van der Waals surface area (Å²) >= 11 is 0. The van der Waals surface area contributed by atoms with Crippen molar-refractivity contribution in [3.8, 4) is 12.3 Å². The number of carbonyl (C=O) groups excluding carboxylic acids is 1. The summed E-state index contributed by atoms with van der Waals surface area (Å²) in [5.74, 6) is 2.69. The standard InChI is InChI=1S/C17H16N2O/c1-2-13-15(20)9-12-10-18-7-3-14(12)16(13)19-8-6-17(11-19)4-5-17/h1,3,7,10H,4-6,8-9,11H2. The van der Waals surface area contributed by atoms with Crippen LogP contribution in [0.5, 0.6) is 0 Å². The number of nitrogens with zero attached hydrogens (tertiary/aromatic N) is 2. The molecule has 1 spiro atoms. The van der Waals surface area contributed by atoms with E-state index in [0.29, 0.717) is 17.4 Å². The molecule has 3 heteroatoms. The van der Waals surface area contributed by atoms with Gasteiger partial charge in [0.1, 0.15) is 0 Å². The predicted molar refractivity (Wildman–Crippen MR) is 76.6 cm³/mol. The zero-order valence-corrected chi connectivity index (χ0v) is 11.4. The number of likely N-dealkylation sites (tertiary alicyclic amines) is 1. The summed E-state index contributed by atoms with van der Waals surface area (Å²) in [7, 11) is 0. The molecule has 1 aliphatic heterocycles. The van der Waals surface area contributed by atoms with E-state index in [4.69, 9.17) is 6.42 Å². The topological polar surface area (TPSA) is 33.2 Å². The number of rotatable bonds is 1. The fourth-order valence-electron chi connectivity index (χ4n) is 3.52. The van der Waals surface area contributed by atoms with Crippen LogP contribution in [0.15, 0.2) is 24.0 Å². The number of aromatic nitrogens is 1.